The van der Waals surface area contributed by atoms with Crippen LogP contribution in [-0.2, 0) is 0 Å². The van der Waals surface area contributed by atoms with Crippen molar-refractivity contribution in [3.63, 3.8) is 0 Å². The molecule has 3 nitrogen and oxygen atoms in total. The fraction of sp³-hybridized carbons (Fsp3) is 0.583. The van der Waals surface area contributed by atoms with Crippen molar-refractivity contribution in [2.24, 2.45) is 0 Å². The smallest absolute Gasteiger partial charge is 0.127 e. The summed E-state index contributed by atoms with van der Waals surface area (Å²) in [6.07, 6.45) is 6.00. The van der Waals surface area contributed by atoms with Gasteiger partial charge in [0.15, 0.2) is 0 Å². The first kappa shape index (κ1) is 12.0. The van der Waals surface area contributed by atoms with Gasteiger partial charge in [-0.15, -0.1) is 0 Å². The molecule has 0 aliphatic carbocycles. The Balaban J connectivity index is 0.000000162. The molecule has 0 aromatic carbocycles. The van der Waals surface area contributed by atoms with E-state index in [0.29, 0.717) is 0 Å². The molecule has 1 aliphatic heterocycles. The van der Waals surface area contributed by atoms with E-state index in [1.807, 2.05) is 37.2 Å². The first-order valence-electron chi connectivity index (χ1n) is 5.60. The van der Waals surface area contributed by atoms with E-state index < -0.39 is 0 Å². The normalized spacial score (nSPS) is 15.1. The van der Waals surface area contributed by atoms with Crippen molar-refractivity contribution in [1.82, 2.24) is 10.3 Å². The molecule has 0 spiro atoms. The second-order valence-electron chi connectivity index (χ2n) is 3.89. The molecule has 0 unspecified atom stereocenters. The summed E-state index contributed by atoms with van der Waals surface area (Å²) in [5.74, 6) is 0.998. The number of pyridine rings is 1. The molecule has 1 aromatic rings. The molecule has 84 valence electrons. The highest BCUT2D eigenvalue weighted by Crippen LogP contribution is 2.02. The van der Waals surface area contributed by atoms with Crippen molar-refractivity contribution < 1.29 is 0 Å². The fourth-order valence-corrected chi connectivity index (χ4v) is 1.42. The van der Waals surface area contributed by atoms with Gasteiger partial charge in [0.25, 0.3) is 0 Å². The number of piperidine rings is 1. The van der Waals surface area contributed by atoms with E-state index in [1.165, 1.54) is 32.4 Å². The average molecular weight is 207 g/mol. The van der Waals surface area contributed by atoms with E-state index in [0.717, 1.165) is 5.82 Å². The summed E-state index contributed by atoms with van der Waals surface area (Å²) in [5, 5.41) is 3.28. The van der Waals surface area contributed by atoms with E-state index in [1.54, 1.807) is 6.20 Å². The van der Waals surface area contributed by atoms with Crippen molar-refractivity contribution in [3.05, 3.63) is 24.4 Å². The van der Waals surface area contributed by atoms with Crippen molar-refractivity contribution >= 4 is 5.82 Å². The Morgan fingerprint density at radius 2 is 1.87 bits per heavy atom. The molecule has 1 aliphatic rings. The maximum Gasteiger partial charge on any atom is 0.127 e. The molecule has 0 bridgehead atoms. The van der Waals surface area contributed by atoms with Crippen LogP contribution in [0.2, 0.25) is 0 Å². The molecule has 0 amide bonds. The monoisotopic (exact) mass is 207 g/mol. The van der Waals surface area contributed by atoms with Gasteiger partial charge in [-0.2, -0.15) is 0 Å². The number of hydrogen-bond acceptors (Lipinski definition) is 3. The van der Waals surface area contributed by atoms with E-state index >= 15 is 0 Å². The molecule has 0 saturated carbocycles. The van der Waals surface area contributed by atoms with Crippen LogP contribution in [0.1, 0.15) is 19.3 Å². The van der Waals surface area contributed by atoms with E-state index in [2.05, 4.69) is 10.3 Å². The largest absolute Gasteiger partial charge is 0.363 e. The van der Waals surface area contributed by atoms with E-state index in [9.17, 15) is 0 Å². The molecule has 0 atom stereocenters. The second kappa shape index (κ2) is 7.23. The van der Waals surface area contributed by atoms with Crippen LogP contribution in [0.3, 0.4) is 0 Å². The lowest BCUT2D eigenvalue weighted by molar-refractivity contribution is 0.520. The summed E-state index contributed by atoms with van der Waals surface area (Å²) in [6.45, 7) is 2.50. The minimum atomic E-state index is 0.998. The van der Waals surface area contributed by atoms with Crippen LogP contribution in [0.25, 0.3) is 0 Å². The number of rotatable bonds is 1. The maximum absolute atomic E-state index is 4.10. The van der Waals surface area contributed by atoms with Gasteiger partial charge in [0.1, 0.15) is 5.82 Å². The highest BCUT2D eigenvalue weighted by atomic mass is 15.1. The molecule has 2 rings (SSSR count). The predicted molar refractivity (Wildman–Crippen MR) is 65.3 cm³/mol. The van der Waals surface area contributed by atoms with Gasteiger partial charge in [0, 0.05) is 20.3 Å². The van der Waals surface area contributed by atoms with Crippen LogP contribution in [-0.4, -0.2) is 32.2 Å². The third-order valence-electron chi connectivity index (χ3n) is 2.31. The van der Waals surface area contributed by atoms with Gasteiger partial charge in [-0.3, -0.25) is 0 Å². The van der Waals surface area contributed by atoms with Gasteiger partial charge in [-0.1, -0.05) is 12.5 Å². The molecular formula is C12H21N3. The SMILES string of the molecule is C1CCNCC1.CN(C)c1ccccn1. The third-order valence-corrected chi connectivity index (χ3v) is 2.31. The molecule has 1 fully saturated rings. The third kappa shape index (κ3) is 5.37. The van der Waals surface area contributed by atoms with Gasteiger partial charge < -0.3 is 10.2 Å². The zero-order valence-corrected chi connectivity index (χ0v) is 9.74. The number of nitrogens with one attached hydrogen (secondary N) is 1. The van der Waals surface area contributed by atoms with Crippen LogP contribution < -0.4 is 10.2 Å². The van der Waals surface area contributed by atoms with Crippen LogP contribution in [0.15, 0.2) is 24.4 Å². The summed E-state index contributed by atoms with van der Waals surface area (Å²) in [4.78, 5) is 6.08. The predicted octanol–water partition coefficient (Wildman–Crippen LogP) is 1.91. The van der Waals surface area contributed by atoms with E-state index in [4.69, 9.17) is 0 Å². The Labute approximate surface area is 92.5 Å². The van der Waals surface area contributed by atoms with Gasteiger partial charge >= 0.3 is 0 Å². The number of aromatic nitrogens is 1. The number of nitrogens with zero attached hydrogens (tertiary/aromatic N) is 2. The number of anilines is 1. The summed E-state index contributed by atoms with van der Waals surface area (Å²) in [7, 11) is 3.95. The minimum Gasteiger partial charge on any atom is -0.363 e. The Morgan fingerprint density at radius 3 is 2.13 bits per heavy atom. The van der Waals surface area contributed by atoms with Crippen LogP contribution >= 0.6 is 0 Å². The molecular weight excluding hydrogens is 186 g/mol. The first-order chi connectivity index (χ1) is 7.30. The van der Waals surface area contributed by atoms with Gasteiger partial charge in [0.05, 0.1) is 0 Å². The lowest BCUT2D eigenvalue weighted by Crippen LogP contribution is -2.21. The molecule has 0 radical (unpaired) electrons. The molecule has 1 saturated heterocycles. The van der Waals surface area contributed by atoms with Crippen molar-refractivity contribution in [3.8, 4) is 0 Å². The van der Waals surface area contributed by atoms with Gasteiger partial charge in [0.2, 0.25) is 0 Å². The Morgan fingerprint density at radius 1 is 1.13 bits per heavy atom. The summed E-state index contributed by atoms with van der Waals surface area (Å²) in [6, 6.07) is 5.86. The Hall–Kier alpha value is -1.09. The van der Waals surface area contributed by atoms with Crippen LogP contribution in [0.5, 0.6) is 0 Å². The second-order valence-corrected chi connectivity index (χ2v) is 3.89. The summed E-state index contributed by atoms with van der Waals surface area (Å²) >= 11 is 0. The zero-order chi connectivity index (χ0) is 10.9. The Bertz CT molecular complexity index is 231. The van der Waals surface area contributed by atoms with Gasteiger partial charge in [-0.25, -0.2) is 4.98 Å². The van der Waals surface area contributed by atoms with Gasteiger partial charge in [-0.05, 0) is 38.1 Å². The topological polar surface area (TPSA) is 28.2 Å². The summed E-state index contributed by atoms with van der Waals surface area (Å²) < 4.78 is 0. The minimum absolute atomic E-state index is 0.998. The molecule has 15 heavy (non-hydrogen) atoms. The maximum atomic E-state index is 4.10. The first-order valence-corrected chi connectivity index (χ1v) is 5.60. The highest BCUT2D eigenvalue weighted by Gasteiger charge is 1.93. The number of hydrogen-bond donors (Lipinski definition) is 1. The van der Waals surface area contributed by atoms with Crippen molar-refractivity contribution in [1.29, 1.82) is 0 Å². The molecule has 1 N–H and O–H groups in total. The standard InChI is InChI=1S/C7H10N2.C5H11N/c1-9(2)7-5-3-4-6-8-7;1-2-4-6-5-3-1/h3-6H,1-2H3;6H,1-5H2. The zero-order valence-electron chi connectivity index (χ0n) is 9.74. The molecule has 3 heteroatoms. The van der Waals surface area contributed by atoms with Crippen molar-refractivity contribution in [2.75, 3.05) is 32.1 Å². The van der Waals surface area contributed by atoms with Crippen LogP contribution in [0.4, 0.5) is 5.82 Å². The lowest BCUT2D eigenvalue weighted by Gasteiger charge is -2.08. The average Bonchev–Trinajstić information content (AvgIpc) is 2.33. The molecule has 1 aromatic heterocycles. The van der Waals surface area contributed by atoms with E-state index in [-0.39, 0.29) is 0 Å². The lowest BCUT2D eigenvalue weighted by atomic mass is 10.2. The van der Waals surface area contributed by atoms with Crippen LogP contribution in [0, 0.1) is 0 Å². The highest BCUT2D eigenvalue weighted by molar-refractivity contribution is 5.34. The summed E-state index contributed by atoms with van der Waals surface area (Å²) in [5.41, 5.74) is 0. The fourth-order valence-electron chi connectivity index (χ4n) is 1.42. The van der Waals surface area contributed by atoms with Crippen molar-refractivity contribution in [2.45, 2.75) is 19.3 Å². The Kier molecular flexibility index (Phi) is 5.78. The molecule has 2 heterocycles. The quantitative estimate of drug-likeness (QED) is 0.762.